The van der Waals surface area contributed by atoms with E-state index in [0.29, 0.717) is 34.2 Å². The van der Waals surface area contributed by atoms with Gasteiger partial charge in [0.25, 0.3) is 0 Å². The lowest BCUT2D eigenvalue weighted by atomic mass is 10.3. The molecule has 28 heavy (non-hydrogen) atoms. The van der Waals surface area contributed by atoms with Crippen molar-refractivity contribution in [3.05, 3.63) is 52.8 Å². The lowest BCUT2D eigenvalue weighted by molar-refractivity contribution is 0.0526. The van der Waals surface area contributed by atoms with Crippen molar-refractivity contribution in [2.24, 2.45) is 0 Å². The van der Waals surface area contributed by atoms with Crippen molar-refractivity contribution in [3.8, 4) is 0 Å². The van der Waals surface area contributed by atoms with Crippen LogP contribution < -0.4 is 10.6 Å². The fourth-order valence-electron chi connectivity index (χ4n) is 2.70. The second-order valence-corrected chi connectivity index (χ2v) is 6.79. The molecule has 0 aliphatic heterocycles. The van der Waals surface area contributed by atoms with Gasteiger partial charge in [0.15, 0.2) is 5.82 Å². The number of anilines is 4. The van der Waals surface area contributed by atoms with Crippen LogP contribution in [0, 0.1) is 0 Å². The Balaban J connectivity index is 1.63. The van der Waals surface area contributed by atoms with Gasteiger partial charge in [0.2, 0.25) is 5.95 Å². The van der Waals surface area contributed by atoms with Crippen LogP contribution in [0.2, 0.25) is 5.02 Å². The minimum absolute atomic E-state index is 0.231. The number of halogens is 1. The highest BCUT2D eigenvalue weighted by molar-refractivity contribution is 6.33. The minimum atomic E-state index is -0.503. The predicted molar refractivity (Wildman–Crippen MR) is 107 cm³/mol. The zero-order valence-corrected chi connectivity index (χ0v) is 16.0. The maximum atomic E-state index is 12.3. The van der Waals surface area contributed by atoms with Crippen molar-refractivity contribution in [3.63, 3.8) is 0 Å². The molecule has 2 aromatic heterocycles. The quantitative estimate of drug-likeness (QED) is 0.506. The van der Waals surface area contributed by atoms with E-state index in [1.54, 1.807) is 13.0 Å². The summed E-state index contributed by atoms with van der Waals surface area (Å²) < 4.78 is 5.11. The zero-order chi connectivity index (χ0) is 19.5. The molecule has 1 fully saturated rings. The first kappa shape index (κ1) is 18.2. The van der Waals surface area contributed by atoms with E-state index >= 15 is 0 Å². The number of ether oxygens (including phenoxy) is 1. The molecule has 8 nitrogen and oxygen atoms in total. The standard InChI is InChI=1S/C19H19ClN6O2/c1-2-28-18(27)12-10-21-19(22-14-6-4-3-5-13(14)20)24-17(12)23-16-9-15(25-26-16)11-7-8-11/h3-6,9-11H,2,7-8H2,1H3,(H3,21,22,23,24,25,26). The Hall–Kier alpha value is -3.13. The van der Waals surface area contributed by atoms with Crippen molar-refractivity contribution in [1.82, 2.24) is 20.2 Å². The third kappa shape index (κ3) is 4.07. The Morgan fingerprint density at radius 2 is 2.14 bits per heavy atom. The first-order chi connectivity index (χ1) is 13.6. The van der Waals surface area contributed by atoms with Gasteiger partial charge in [-0.05, 0) is 31.9 Å². The highest BCUT2D eigenvalue weighted by Gasteiger charge is 2.26. The van der Waals surface area contributed by atoms with E-state index in [0.717, 1.165) is 18.5 Å². The summed E-state index contributed by atoms with van der Waals surface area (Å²) >= 11 is 6.18. The molecule has 144 valence electrons. The summed E-state index contributed by atoms with van der Waals surface area (Å²) in [6, 6.07) is 9.19. The van der Waals surface area contributed by atoms with E-state index < -0.39 is 5.97 Å². The van der Waals surface area contributed by atoms with E-state index in [1.807, 2.05) is 24.3 Å². The van der Waals surface area contributed by atoms with Gasteiger partial charge in [0.05, 0.1) is 23.0 Å². The van der Waals surface area contributed by atoms with E-state index in [4.69, 9.17) is 16.3 Å². The average molecular weight is 399 g/mol. The molecule has 1 aromatic carbocycles. The highest BCUT2D eigenvalue weighted by atomic mass is 35.5. The van der Waals surface area contributed by atoms with Crippen molar-refractivity contribution >= 4 is 40.8 Å². The maximum absolute atomic E-state index is 12.3. The number of aromatic nitrogens is 4. The number of carbonyl (C=O) groups excluding carboxylic acids is 1. The Morgan fingerprint density at radius 1 is 1.32 bits per heavy atom. The molecule has 1 aliphatic rings. The number of carbonyl (C=O) groups is 1. The van der Waals surface area contributed by atoms with Crippen molar-refractivity contribution < 1.29 is 9.53 Å². The lowest BCUT2D eigenvalue weighted by Crippen LogP contribution is -2.11. The van der Waals surface area contributed by atoms with Gasteiger partial charge in [-0.1, -0.05) is 23.7 Å². The van der Waals surface area contributed by atoms with Gasteiger partial charge in [-0.25, -0.2) is 9.78 Å². The molecule has 4 rings (SSSR count). The number of H-pyrrole nitrogens is 1. The molecule has 0 spiro atoms. The molecule has 9 heteroatoms. The number of esters is 1. The predicted octanol–water partition coefficient (Wildman–Crippen LogP) is 4.39. The average Bonchev–Trinajstić information content (AvgIpc) is 3.43. The van der Waals surface area contributed by atoms with E-state index in [2.05, 4.69) is 30.8 Å². The Kier molecular flexibility index (Phi) is 5.12. The van der Waals surface area contributed by atoms with Crippen LogP contribution in [0.5, 0.6) is 0 Å². The van der Waals surface area contributed by atoms with Gasteiger partial charge in [-0.15, -0.1) is 0 Å². The van der Waals surface area contributed by atoms with Gasteiger partial charge in [0.1, 0.15) is 11.4 Å². The second-order valence-electron chi connectivity index (χ2n) is 6.39. The number of benzene rings is 1. The summed E-state index contributed by atoms with van der Waals surface area (Å²) in [7, 11) is 0. The van der Waals surface area contributed by atoms with Gasteiger partial charge < -0.3 is 15.4 Å². The van der Waals surface area contributed by atoms with Crippen LogP contribution in [0.25, 0.3) is 0 Å². The molecule has 0 bridgehead atoms. The molecule has 2 heterocycles. The molecule has 0 saturated heterocycles. The molecule has 1 aliphatic carbocycles. The molecule has 3 N–H and O–H groups in total. The molecular formula is C19H19ClN6O2. The van der Waals surface area contributed by atoms with Crippen LogP contribution in [0.3, 0.4) is 0 Å². The van der Waals surface area contributed by atoms with Gasteiger partial charge in [-0.3, -0.25) is 5.10 Å². The molecule has 0 radical (unpaired) electrons. The number of hydrogen-bond acceptors (Lipinski definition) is 7. The molecular weight excluding hydrogens is 380 g/mol. The minimum Gasteiger partial charge on any atom is -0.462 e. The fourth-order valence-corrected chi connectivity index (χ4v) is 2.88. The third-order valence-electron chi connectivity index (χ3n) is 4.25. The van der Waals surface area contributed by atoms with Crippen molar-refractivity contribution in [2.45, 2.75) is 25.7 Å². The SMILES string of the molecule is CCOC(=O)c1cnc(Nc2ccccc2Cl)nc1Nc1cc(C2CC2)n[nH]1. The van der Waals surface area contributed by atoms with E-state index in [1.165, 1.54) is 6.20 Å². The van der Waals surface area contributed by atoms with Crippen LogP contribution in [0.15, 0.2) is 36.5 Å². The first-order valence-electron chi connectivity index (χ1n) is 9.02. The largest absolute Gasteiger partial charge is 0.462 e. The van der Waals surface area contributed by atoms with Crippen molar-refractivity contribution in [2.75, 3.05) is 17.2 Å². The number of rotatable bonds is 7. The smallest absolute Gasteiger partial charge is 0.343 e. The number of hydrogen-bond donors (Lipinski definition) is 3. The van der Waals surface area contributed by atoms with Crippen LogP contribution in [-0.4, -0.2) is 32.7 Å². The number of nitrogens with one attached hydrogen (secondary N) is 3. The number of para-hydroxylation sites is 1. The topological polar surface area (TPSA) is 105 Å². The lowest BCUT2D eigenvalue weighted by Gasteiger charge is -2.12. The number of nitrogens with zero attached hydrogens (tertiary/aromatic N) is 3. The fraction of sp³-hybridized carbons (Fsp3) is 0.263. The Labute approximate surface area is 166 Å². The molecule has 1 saturated carbocycles. The monoisotopic (exact) mass is 398 g/mol. The summed E-state index contributed by atoms with van der Waals surface area (Å²) in [5.74, 6) is 1.27. The molecule has 0 amide bonds. The van der Waals surface area contributed by atoms with E-state index in [9.17, 15) is 4.79 Å². The van der Waals surface area contributed by atoms with Gasteiger partial charge >= 0.3 is 5.97 Å². The van der Waals surface area contributed by atoms with Crippen LogP contribution >= 0.6 is 11.6 Å². The normalized spacial score (nSPS) is 13.2. The molecule has 0 atom stereocenters. The first-order valence-corrected chi connectivity index (χ1v) is 9.40. The van der Waals surface area contributed by atoms with Crippen LogP contribution in [0.4, 0.5) is 23.3 Å². The van der Waals surface area contributed by atoms with Crippen LogP contribution in [-0.2, 0) is 4.74 Å². The number of aromatic amines is 1. The van der Waals surface area contributed by atoms with E-state index in [-0.39, 0.29) is 12.2 Å². The maximum Gasteiger partial charge on any atom is 0.343 e. The summed E-state index contributed by atoms with van der Waals surface area (Å²) in [5.41, 5.74) is 1.90. The Morgan fingerprint density at radius 3 is 2.89 bits per heavy atom. The summed E-state index contributed by atoms with van der Waals surface area (Å²) in [6.45, 7) is 2.00. The summed E-state index contributed by atoms with van der Waals surface area (Å²) in [5, 5.41) is 14.0. The third-order valence-corrected chi connectivity index (χ3v) is 4.58. The molecule has 3 aromatic rings. The second kappa shape index (κ2) is 7.85. The van der Waals surface area contributed by atoms with Gasteiger partial charge in [-0.2, -0.15) is 10.1 Å². The highest BCUT2D eigenvalue weighted by Crippen LogP contribution is 2.39. The molecule has 0 unspecified atom stereocenters. The zero-order valence-electron chi connectivity index (χ0n) is 15.2. The van der Waals surface area contributed by atoms with Crippen LogP contribution in [0.1, 0.15) is 41.7 Å². The summed E-state index contributed by atoms with van der Waals surface area (Å²) in [6.07, 6.45) is 3.72. The Bertz CT molecular complexity index is 1000. The van der Waals surface area contributed by atoms with Gasteiger partial charge in [0, 0.05) is 18.2 Å². The summed E-state index contributed by atoms with van der Waals surface area (Å²) in [4.78, 5) is 20.9. The van der Waals surface area contributed by atoms with Crippen molar-refractivity contribution in [1.29, 1.82) is 0 Å².